The third kappa shape index (κ3) is 5.24. The Morgan fingerprint density at radius 2 is 1.60 bits per heavy atom. The zero-order valence-corrected chi connectivity index (χ0v) is 18.5. The summed E-state index contributed by atoms with van der Waals surface area (Å²) in [6.45, 7) is 6.04. The number of thiazole rings is 1. The number of aromatic nitrogens is 1. The minimum atomic E-state index is -4.33. The van der Waals surface area contributed by atoms with Gasteiger partial charge in [0.05, 0.1) is 17.3 Å². The van der Waals surface area contributed by atoms with E-state index >= 15 is 0 Å². The van der Waals surface area contributed by atoms with Gasteiger partial charge in [-0.15, -0.1) is 23.1 Å². The van der Waals surface area contributed by atoms with Crippen molar-refractivity contribution in [2.75, 3.05) is 0 Å². The summed E-state index contributed by atoms with van der Waals surface area (Å²) in [7, 11) is 0. The average Bonchev–Trinajstić information content (AvgIpc) is 3.07. The number of nitrogens with zero attached hydrogens (tertiary/aromatic N) is 2. The standard InChI is InChI=1S/C23H21F3N2S2/c1-15-20(14-29-19-10-8-17(9-11-19)22(2,3)12-13-27)30-21(28-15)16-4-6-18(7-5-16)23(24,25)26/h4-11H,12,14H2,1-3H3. The van der Waals surface area contributed by atoms with E-state index < -0.39 is 11.7 Å². The zero-order chi connectivity index (χ0) is 21.9. The molecule has 0 unspecified atom stereocenters. The van der Waals surface area contributed by atoms with Crippen LogP contribution in [0.25, 0.3) is 10.6 Å². The van der Waals surface area contributed by atoms with Gasteiger partial charge in [-0.3, -0.25) is 0 Å². The molecule has 0 aliphatic carbocycles. The third-order valence-electron chi connectivity index (χ3n) is 4.88. The molecule has 0 bridgehead atoms. The van der Waals surface area contributed by atoms with Crippen molar-refractivity contribution >= 4 is 23.1 Å². The molecule has 156 valence electrons. The Bertz CT molecular complexity index is 1040. The van der Waals surface area contributed by atoms with E-state index in [0.29, 0.717) is 12.0 Å². The Balaban J connectivity index is 1.69. The first kappa shape index (κ1) is 22.4. The topological polar surface area (TPSA) is 36.7 Å². The van der Waals surface area contributed by atoms with E-state index in [0.717, 1.165) is 43.9 Å². The molecule has 2 aromatic carbocycles. The van der Waals surface area contributed by atoms with Gasteiger partial charge in [-0.1, -0.05) is 38.1 Å². The lowest BCUT2D eigenvalue weighted by Crippen LogP contribution is -2.15. The quantitative estimate of drug-likeness (QED) is 0.365. The minimum Gasteiger partial charge on any atom is -0.241 e. The van der Waals surface area contributed by atoms with Gasteiger partial charge in [-0.2, -0.15) is 18.4 Å². The second kappa shape index (κ2) is 8.83. The van der Waals surface area contributed by atoms with E-state index in [1.54, 1.807) is 11.8 Å². The van der Waals surface area contributed by atoms with Crippen LogP contribution < -0.4 is 0 Å². The first-order valence-electron chi connectivity index (χ1n) is 9.34. The molecule has 0 spiro atoms. The summed E-state index contributed by atoms with van der Waals surface area (Å²) in [5.41, 5.74) is 1.89. The Labute approximate surface area is 182 Å². The lowest BCUT2D eigenvalue weighted by atomic mass is 9.82. The Morgan fingerprint density at radius 1 is 1.00 bits per heavy atom. The summed E-state index contributed by atoms with van der Waals surface area (Å²) in [5, 5.41) is 9.71. The van der Waals surface area contributed by atoms with Crippen LogP contribution in [0.5, 0.6) is 0 Å². The highest BCUT2D eigenvalue weighted by atomic mass is 32.2. The summed E-state index contributed by atoms with van der Waals surface area (Å²) >= 11 is 3.20. The molecule has 7 heteroatoms. The van der Waals surface area contributed by atoms with Gasteiger partial charge >= 0.3 is 6.18 Å². The van der Waals surface area contributed by atoms with Crippen LogP contribution in [0, 0.1) is 18.3 Å². The molecule has 3 aromatic rings. The monoisotopic (exact) mass is 446 g/mol. The maximum absolute atomic E-state index is 12.8. The number of thioether (sulfide) groups is 1. The number of hydrogen-bond acceptors (Lipinski definition) is 4. The van der Waals surface area contributed by atoms with Crippen molar-refractivity contribution in [1.82, 2.24) is 4.98 Å². The summed E-state index contributed by atoms with van der Waals surface area (Å²) < 4.78 is 38.3. The molecule has 0 saturated heterocycles. The van der Waals surface area contributed by atoms with Crippen molar-refractivity contribution in [1.29, 1.82) is 5.26 Å². The molecule has 1 aromatic heterocycles. The first-order valence-corrected chi connectivity index (χ1v) is 11.1. The fourth-order valence-electron chi connectivity index (χ4n) is 2.94. The van der Waals surface area contributed by atoms with Crippen molar-refractivity contribution in [3.63, 3.8) is 0 Å². The first-order chi connectivity index (χ1) is 14.1. The predicted molar refractivity (Wildman–Crippen MR) is 117 cm³/mol. The van der Waals surface area contributed by atoms with Crippen LogP contribution in [0.1, 0.15) is 42.0 Å². The molecular formula is C23H21F3N2S2. The molecule has 0 radical (unpaired) electrons. The smallest absolute Gasteiger partial charge is 0.241 e. The van der Waals surface area contributed by atoms with Crippen LogP contribution in [0.4, 0.5) is 13.2 Å². The van der Waals surface area contributed by atoms with E-state index in [2.05, 4.69) is 49.2 Å². The number of alkyl halides is 3. The minimum absolute atomic E-state index is 0.178. The molecule has 0 saturated carbocycles. The maximum atomic E-state index is 12.8. The van der Waals surface area contributed by atoms with E-state index in [1.165, 1.54) is 23.5 Å². The summed E-state index contributed by atoms with van der Waals surface area (Å²) in [5.74, 6) is 0.741. The van der Waals surface area contributed by atoms with Gasteiger partial charge < -0.3 is 0 Å². The molecule has 1 heterocycles. The SMILES string of the molecule is Cc1nc(-c2ccc(C(F)(F)F)cc2)sc1CSc1ccc(C(C)(C)CC#N)cc1. The second-order valence-electron chi connectivity index (χ2n) is 7.63. The fraction of sp³-hybridized carbons (Fsp3) is 0.304. The van der Waals surface area contributed by atoms with Crippen LogP contribution in [0.15, 0.2) is 53.4 Å². The van der Waals surface area contributed by atoms with Crippen LogP contribution in [0.2, 0.25) is 0 Å². The van der Waals surface area contributed by atoms with Crippen molar-refractivity contribution in [2.45, 2.75) is 49.4 Å². The van der Waals surface area contributed by atoms with Crippen molar-refractivity contribution < 1.29 is 13.2 Å². The molecule has 2 nitrogen and oxygen atoms in total. The van der Waals surface area contributed by atoms with Gasteiger partial charge in [0.15, 0.2) is 0 Å². The second-order valence-corrected chi connectivity index (χ2v) is 9.77. The lowest BCUT2D eigenvalue weighted by Gasteiger charge is -2.21. The number of nitriles is 1. The van der Waals surface area contributed by atoms with Crippen LogP contribution >= 0.6 is 23.1 Å². The number of rotatable bonds is 6. The zero-order valence-electron chi connectivity index (χ0n) is 16.9. The molecule has 0 aliphatic heterocycles. The van der Waals surface area contributed by atoms with Gasteiger partial charge in [0.1, 0.15) is 5.01 Å². The van der Waals surface area contributed by atoms with Crippen molar-refractivity contribution in [2.24, 2.45) is 0 Å². The van der Waals surface area contributed by atoms with E-state index in [1.807, 2.05) is 6.92 Å². The largest absolute Gasteiger partial charge is 0.416 e. The van der Waals surface area contributed by atoms with Crippen molar-refractivity contribution in [3.8, 4) is 16.6 Å². The third-order valence-corrected chi connectivity index (χ3v) is 7.31. The molecule has 0 N–H and O–H groups in total. The normalized spacial score (nSPS) is 12.0. The van der Waals surface area contributed by atoms with E-state index in [-0.39, 0.29) is 5.41 Å². The molecule has 0 amide bonds. The average molecular weight is 447 g/mol. The Kier molecular flexibility index (Phi) is 6.59. The summed E-state index contributed by atoms with van der Waals surface area (Å²) in [4.78, 5) is 6.77. The number of hydrogen-bond donors (Lipinski definition) is 0. The predicted octanol–water partition coefficient (Wildman–Crippen LogP) is 7.62. The van der Waals surface area contributed by atoms with E-state index in [9.17, 15) is 13.2 Å². The van der Waals surface area contributed by atoms with Gasteiger partial charge in [0.25, 0.3) is 0 Å². The highest BCUT2D eigenvalue weighted by Crippen LogP contribution is 2.35. The lowest BCUT2D eigenvalue weighted by molar-refractivity contribution is -0.137. The fourth-order valence-corrected chi connectivity index (χ4v) is 5.05. The maximum Gasteiger partial charge on any atom is 0.416 e. The number of benzene rings is 2. The Morgan fingerprint density at radius 3 is 2.17 bits per heavy atom. The highest BCUT2D eigenvalue weighted by molar-refractivity contribution is 7.98. The summed E-state index contributed by atoms with van der Waals surface area (Å²) in [6.07, 6.45) is -3.87. The van der Waals surface area contributed by atoms with Gasteiger partial charge in [-0.05, 0) is 36.8 Å². The molecule has 3 rings (SSSR count). The van der Waals surface area contributed by atoms with Crippen LogP contribution in [-0.4, -0.2) is 4.98 Å². The van der Waals surface area contributed by atoms with E-state index in [4.69, 9.17) is 5.26 Å². The van der Waals surface area contributed by atoms with Gasteiger partial charge in [0, 0.05) is 32.9 Å². The highest BCUT2D eigenvalue weighted by Gasteiger charge is 2.30. The van der Waals surface area contributed by atoms with Crippen LogP contribution in [0.3, 0.4) is 0 Å². The van der Waals surface area contributed by atoms with Crippen molar-refractivity contribution in [3.05, 3.63) is 70.2 Å². The number of halogens is 3. The molecule has 30 heavy (non-hydrogen) atoms. The summed E-state index contributed by atoms with van der Waals surface area (Å²) in [6, 6.07) is 15.6. The van der Waals surface area contributed by atoms with Gasteiger partial charge in [-0.25, -0.2) is 4.98 Å². The Hall–Kier alpha value is -2.30. The molecular weight excluding hydrogens is 425 g/mol. The molecule has 0 fully saturated rings. The molecule has 0 aliphatic rings. The van der Waals surface area contributed by atoms with Gasteiger partial charge in [0.2, 0.25) is 0 Å². The molecule has 0 atom stereocenters. The number of aryl methyl sites for hydroxylation is 1. The van der Waals surface area contributed by atoms with Crippen LogP contribution in [-0.2, 0) is 17.3 Å².